The van der Waals surface area contributed by atoms with Crippen LogP contribution in [0.1, 0.15) is 12.5 Å². The lowest BCUT2D eigenvalue weighted by Crippen LogP contribution is -2.52. The third kappa shape index (κ3) is 5.72. The molecule has 1 N–H and O–H groups in total. The number of hydrogen-bond acceptors (Lipinski definition) is 5. The van der Waals surface area contributed by atoms with Crippen LogP contribution in [0.5, 0.6) is 11.6 Å². The molecule has 1 aliphatic heterocycles. The second-order valence-electron chi connectivity index (χ2n) is 7.39. The lowest BCUT2D eigenvalue weighted by molar-refractivity contribution is 0.371. The summed E-state index contributed by atoms with van der Waals surface area (Å²) in [5.74, 6) is 2.63. The Balaban J connectivity index is 1.34. The number of anilines is 1. The molecule has 1 saturated heterocycles. The van der Waals surface area contributed by atoms with Crippen molar-refractivity contribution < 1.29 is 9.13 Å². The molecule has 1 aromatic carbocycles. The van der Waals surface area contributed by atoms with Gasteiger partial charge in [-0.15, -0.1) is 0 Å². The van der Waals surface area contributed by atoms with Gasteiger partial charge in [0, 0.05) is 51.2 Å². The number of nitrogens with zero attached hydrogens (tertiary/aromatic N) is 5. The van der Waals surface area contributed by atoms with Gasteiger partial charge in [-0.25, -0.2) is 19.4 Å². The molecule has 3 heterocycles. The van der Waals surface area contributed by atoms with Crippen LogP contribution in [0, 0.1) is 5.82 Å². The molecule has 1 aliphatic rings. The smallest absolute Gasteiger partial charge is 0.219 e. The molecule has 8 heteroatoms. The van der Waals surface area contributed by atoms with E-state index in [2.05, 4.69) is 32.0 Å². The molecule has 0 unspecified atom stereocenters. The molecule has 4 rings (SSSR count). The van der Waals surface area contributed by atoms with Gasteiger partial charge in [0.1, 0.15) is 17.4 Å². The topological polar surface area (TPSA) is 65.9 Å². The minimum absolute atomic E-state index is 0.298. The van der Waals surface area contributed by atoms with E-state index in [1.165, 1.54) is 12.1 Å². The highest BCUT2D eigenvalue weighted by atomic mass is 19.1. The van der Waals surface area contributed by atoms with E-state index >= 15 is 0 Å². The molecule has 0 spiro atoms. The normalized spacial score (nSPS) is 14.4. The Morgan fingerprint density at radius 2 is 1.84 bits per heavy atom. The van der Waals surface area contributed by atoms with Crippen LogP contribution in [0.25, 0.3) is 0 Å². The molecule has 3 aromatic rings. The van der Waals surface area contributed by atoms with Crippen LogP contribution in [0.4, 0.5) is 10.2 Å². The Morgan fingerprint density at radius 3 is 2.50 bits per heavy atom. The Hall–Kier alpha value is -3.68. The van der Waals surface area contributed by atoms with Crippen LogP contribution in [0.2, 0.25) is 0 Å². The van der Waals surface area contributed by atoms with Gasteiger partial charge < -0.3 is 19.9 Å². The van der Waals surface area contributed by atoms with Crippen molar-refractivity contribution in [2.24, 2.45) is 4.99 Å². The van der Waals surface area contributed by atoms with E-state index in [0.717, 1.165) is 50.1 Å². The van der Waals surface area contributed by atoms with Gasteiger partial charge in [-0.2, -0.15) is 0 Å². The number of aliphatic imine (C=N–C) groups is 1. The lowest BCUT2D eigenvalue weighted by atomic mass is 10.3. The average Bonchev–Trinajstić information content (AvgIpc) is 2.85. The summed E-state index contributed by atoms with van der Waals surface area (Å²) in [7, 11) is 0. The van der Waals surface area contributed by atoms with Crippen molar-refractivity contribution in [3.05, 3.63) is 78.4 Å². The summed E-state index contributed by atoms with van der Waals surface area (Å²) >= 11 is 0. The van der Waals surface area contributed by atoms with Crippen LogP contribution in [-0.4, -0.2) is 53.6 Å². The predicted molar refractivity (Wildman–Crippen MR) is 124 cm³/mol. The van der Waals surface area contributed by atoms with Crippen LogP contribution in [0.15, 0.2) is 72.0 Å². The van der Waals surface area contributed by atoms with Crippen LogP contribution < -0.4 is 15.0 Å². The highest BCUT2D eigenvalue weighted by Crippen LogP contribution is 2.20. The first kappa shape index (κ1) is 21.5. The van der Waals surface area contributed by atoms with Crippen molar-refractivity contribution in [1.29, 1.82) is 0 Å². The summed E-state index contributed by atoms with van der Waals surface area (Å²) < 4.78 is 18.7. The van der Waals surface area contributed by atoms with E-state index in [9.17, 15) is 4.39 Å². The largest absolute Gasteiger partial charge is 0.439 e. The number of halogens is 1. The first-order valence-corrected chi connectivity index (χ1v) is 10.8. The fraction of sp³-hybridized carbons (Fsp3) is 0.292. The third-order valence-corrected chi connectivity index (χ3v) is 5.13. The molecule has 0 amide bonds. The first-order valence-electron chi connectivity index (χ1n) is 10.8. The molecular formula is C24H27FN6O. The Labute approximate surface area is 187 Å². The van der Waals surface area contributed by atoms with Gasteiger partial charge in [0.05, 0.1) is 6.54 Å². The van der Waals surface area contributed by atoms with Crippen molar-refractivity contribution in [3.63, 3.8) is 0 Å². The van der Waals surface area contributed by atoms with E-state index in [4.69, 9.17) is 9.73 Å². The molecule has 166 valence electrons. The summed E-state index contributed by atoms with van der Waals surface area (Å²) in [6, 6.07) is 15.6. The van der Waals surface area contributed by atoms with Crippen molar-refractivity contribution in [3.8, 4) is 11.6 Å². The number of pyridine rings is 2. The standard InChI is InChI=1S/C24H27FN6O/c1-2-26-24(31-15-13-30(14-16-31)22-5-3-4-12-27-22)29-18-19-6-11-23(28-17-19)32-21-9-7-20(25)8-10-21/h3-12,17H,2,13-16,18H2,1H3,(H,26,29). The van der Waals surface area contributed by atoms with Gasteiger partial charge in [-0.1, -0.05) is 12.1 Å². The molecule has 2 aromatic heterocycles. The zero-order valence-corrected chi connectivity index (χ0v) is 18.1. The number of benzene rings is 1. The van der Waals surface area contributed by atoms with E-state index in [1.54, 1.807) is 24.4 Å². The van der Waals surface area contributed by atoms with Crippen LogP contribution in [-0.2, 0) is 6.54 Å². The number of ether oxygens (including phenoxy) is 1. The fourth-order valence-electron chi connectivity index (χ4n) is 3.47. The summed E-state index contributed by atoms with van der Waals surface area (Å²) in [4.78, 5) is 18.2. The first-order chi connectivity index (χ1) is 15.7. The zero-order chi connectivity index (χ0) is 22.2. The quantitative estimate of drug-likeness (QED) is 0.472. The highest BCUT2D eigenvalue weighted by molar-refractivity contribution is 5.80. The zero-order valence-electron chi connectivity index (χ0n) is 18.1. The number of guanidine groups is 1. The molecular weight excluding hydrogens is 407 g/mol. The maximum atomic E-state index is 13.0. The Morgan fingerprint density at radius 1 is 1.03 bits per heavy atom. The van der Waals surface area contributed by atoms with E-state index in [0.29, 0.717) is 18.2 Å². The van der Waals surface area contributed by atoms with Gasteiger partial charge in [-0.05, 0) is 48.9 Å². The summed E-state index contributed by atoms with van der Waals surface area (Å²) in [6.45, 7) is 6.96. The predicted octanol–water partition coefficient (Wildman–Crippen LogP) is 3.70. The Kier molecular flexibility index (Phi) is 7.12. The average molecular weight is 435 g/mol. The second kappa shape index (κ2) is 10.6. The SMILES string of the molecule is CCNC(=NCc1ccc(Oc2ccc(F)cc2)nc1)N1CCN(c2ccccn2)CC1. The monoisotopic (exact) mass is 434 g/mol. The molecule has 0 aliphatic carbocycles. The third-order valence-electron chi connectivity index (χ3n) is 5.13. The van der Waals surface area contributed by atoms with Crippen LogP contribution >= 0.6 is 0 Å². The van der Waals surface area contributed by atoms with Crippen molar-refractivity contribution in [2.75, 3.05) is 37.6 Å². The minimum atomic E-state index is -0.298. The lowest BCUT2D eigenvalue weighted by Gasteiger charge is -2.37. The van der Waals surface area contributed by atoms with Gasteiger partial charge in [0.2, 0.25) is 5.88 Å². The van der Waals surface area contributed by atoms with Gasteiger partial charge in [0.25, 0.3) is 0 Å². The Bertz CT molecular complexity index is 1000. The van der Waals surface area contributed by atoms with Gasteiger partial charge in [-0.3, -0.25) is 0 Å². The van der Waals surface area contributed by atoms with E-state index in [-0.39, 0.29) is 5.82 Å². The molecule has 32 heavy (non-hydrogen) atoms. The summed E-state index contributed by atoms with van der Waals surface area (Å²) in [5, 5.41) is 3.39. The van der Waals surface area contributed by atoms with Gasteiger partial charge in [0.15, 0.2) is 5.96 Å². The number of piperazine rings is 1. The summed E-state index contributed by atoms with van der Waals surface area (Å²) in [6.07, 6.45) is 3.59. The van der Waals surface area contributed by atoms with E-state index < -0.39 is 0 Å². The van der Waals surface area contributed by atoms with Crippen molar-refractivity contribution in [1.82, 2.24) is 20.2 Å². The second-order valence-corrected chi connectivity index (χ2v) is 7.39. The molecule has 0 bridgehead atoms. The molecule has 1 fully saturated rings. The molecule has 0 radical (unpaired) electrons. The fourth-order valence-corrected chi connectivity index (χ4v) is 3.47. The number of rotatable bonds is 6. The minimum Gasteiger partial charge on any atom is -0.439 e. The number of aromatic nitrogens is 2. The van der Waals surface area contributed by atoms with Gasteiger partial charge >= 0.3 is 0 Å². The number of hydrogen-bond donors (Lipinski definition) is 1. The highest BCUT2D eigenvalue weighted by Gasteiger charge is 2.20. The van der Waals surface area contributed by atoms with Crippen LogP contribution in [0.3, 0.4) is 0 Å². The molecule has 0 atom stereocenters. The maximum Gasteiger partial charge on any atom is 0.219 e. The van der Waals surface area contributed by atoms with E-state index in [1.807, 2.05) is 30.5 Å². The number of nitrogens with one attached hydrogen (secondary N) is 1. The maximum absolute atomic E-state index is 13.0. The molecule has 7 nitrogen and oxygen atoms in total. The summed E-state index contributed by atoms with van der Waals surface area (Å²) in [5.41, 5.74) is 0.985. The van der Waals surface area contributed by atoms with Crippen molar-refractivity contribution in [2.45, 2.75) is 13.5 Å². The molecule has 0 saturated carbocycles. The van der Waals surface area contributed by atoms with Crippen molar-refractivity contribution >= 4 is 11.8 Å².